The summed E-state index contributed by atoms with van der Waals surface area (Å²) >= 11 is 0. The van der Waals surface area contributed by atoms with Crippen LogP contribution in [0.3, 0.4) is 0 Å². The minimum absolute atomic E-state index is 0.0201. The van der Waals surface area contributed by atoms with Gasteiger partial charge in [0.05, 0.1) is 0 Å². The number of hydrogen-bond acceptors (Lipinski definition) is 6. The Labute approximate surface area is 137 Å². The number of nitrogens with zero attached hydrogens (tertiary/aromatic N) is 2. The quantitative estimate of drug-likeness (QED) is 0.439. The maximum absolute atomic E-state index is 12.5. The van der Waals surface area contributed by atoms with E-state index in [1.807, 2.05) is 6.92 Å². The number of hydrogen-bond donors (Lipinski definition) is 0. The van der Waals surface area contributed by atoms with Gasteiger partial charge in [-0.1, -0.05) is 13.3 Å². The molecule has 2 heterocycles. The standard InChI is InChI=1S/C16H16N2O6/c1-2-3-4-11(20)16(18-14(23)7-8-15(18)24)10(9-19)17-12(21)5-6-13(17)22/h5-10,16H,2-4H2,1H3. The van der Waals surface area contributed by atoms with Crippen LogP contribution in [0.5, 0.6) is 0 Å². The van der Waals surface area contributed by atoms with Crippen molar-refractivity contribution in [2.45, 2.75) is 38.3 Å². The first-order chi connectivity index (χ1) is 11.4. The van der Waals surface area contributed by atoms with E-state index in [0.717, 1.165) is 24.3 Å². The molecule has 0 aliphatic carbocycles. The zero-order valence-electron chi connectivity index (χ0n) is 13.0. The number of rotatable bonds is 8. The molecule has 0 spiro atoms. The first-order valence-electron chi connectivity index (χ1n) is 7.50. The molecule has 0 aromatic rings. The van der Waals surface area contributed by atoms with Gasteiger partial charge in [0, 0.05) is 30.7 Å². The van der Waals surface area contributed by atoms with Gasteiger partial charge in [0.25, 0.3) is 23.6 Å². The van der Waals surface area contributed by atoms with Crippen LogP contribution in [-0.2, 0) is 28.8 Å². The third-order valence-corrected chi connectivity index (χ3v) is 3.83. The largest absolute Gasteiger partial charge is 0.301 e. The SMILES string of the molecule is CCCCC(=O)C(C(C=O)N1C(=O)C=CC1=O)N1C(=O)C=CC1=O. The molecule has 2 aliphatic heterocycles. The zero-order valence-corrected chi connectivity index (χ0v) is 13.0. The predicted octanol–water partition coefficient (Wildman–Crippen LogP) is -0.468. The molecule has 126 valence electrons. The van der Waals surface area contributed by atoms with Crippen LogP contribution in [0, 0.1) is 0 Å². The minimum Gasteiger partial charge on any atom is -0.301 e. The fourth-order valence-corrected chi connectivity index (χ4v) is 2.65. The molecule has 4 amide bonds. The summed E-state index contributed by atoms with van der Waals surface area (Å²) in [4.78, 5) is 73.0. The average Bonchev–Trinajstić information content (AvgIpc) is 3.06. The highest BCUT2D eigenvalue weighted by Crippen LogP contribution is 2.21. The molecule has 0 N–H and O–H groups in total. The lowest BCUT2D eigenvalue weighted by atomic mass is 9.97. The predicted molar refractivity (Wildman–Crippen MR) is 80.2 cm³/mol. The minimum atomic E-state index is -1.54. The van der Waals surface area contributed by atoms with E-state index in [1.165, 1.54) is 0 Å². The van der Waals surface area contributed by atoms with Crippen LogP contribution < -0.4 is 0 Å². The Balaban J connectivity index is 2.40. The van der Waals surface area contributed by atoms with Gasteiger partial charge in [-0.3, -0.25) is 33.8 Å². The molecule has 0 saturated heterocycles. The second-order valence-corrected chi connectivity index (χ2v) is 5.40. The van der Waals surface area contributed by atoms with E-state index in [-0.39, 0.29) is 12.7 Å². The van der Waals surface area contributed by atoms with Gasteiger partial charge in [-0.15, -0.1) is 0 Å². The van der Waals surface area contributed by atoms with Gasteiger partial charge in [-0.2, -0.15) is 0 Å². The summed E-state index contributed by atoms with van der Waals surface area (Å²) in [5, 5.41) is 0. The Morgan fingerprint density at radius 2 is 1.42 bits per heavy atom. The monoisotopic (exact) mass is 332 g/mol. The number of aldehydes is 1. The molecule has 2 rings (SSSR count). The molecule has 0 aromatic heterocycles. The normalized spacial score (nSPS) is 19.4. The van der Waals surface area contributed by atoms with E-state index >= 15 is 0 Å². The van der Waals surface area contributed by atoms with E-state index in [4.69, 9.17) is 0 Å². The van der Waals surface area contributed by atoms with E-state index in [0.29, 0.717) is 22.6 Å². The Kier molecular flexibility index (Phi) is 5.18. The van der Waals surface area contributed by atoms with Crippen molar-refractivity contribution in [1.82, 2.24) is 9.80 Å². The van der Waals surface area contributed by atoms with Crippen molar-refractivity contribution in [2.75, 3.05) is 0 Å². The van der Waals surface area contributed by atoms with Gasteiger partial charge in [-0.25, -0.2) is 0 Å². The maximum Gasteiger partial charge on any atom is 0.254 e. The highest BCUT2D eigenvalue weighted by atomic mass is 16.2. The maximum atomic E-state index is 12.5. The molecule has 0 bridgehead atoms. The lowest BCUT2D eigenvalue weighted by molar-refractivity contribution is -0.153. The molecular formula is C16H16N2O6. The van der Waals surface area contributed by atoms with Gasteiger partial charge >= 0.3 is 0 Å². The summed E-state index contributed by atoms with van der Waals surface area (Å²) in [6.45, 7) is 1.85. The lowest BCUT2D eigenvalue weighted by Crippen LogP contribution is -2.59. The summed E-state index contributed by atoms with van der Waals surface area (Å²) in [5.74, 6) is -3.59. The fourth-order valence-electron chi connectivity index (χ4n) is 2.65. The molecule has 0 fully saturated rings. The summed E-state index contributed by atoms with van der Waals surface area (Å²) in [6, 6.07) is -3.06. The summed E-state index contributed by atoms with van der Waals surface area (Å²) < 4.78 is 0. The lowest BCUT2D eigenvalue weighted by Gasteiger charge is -2.33. The number of unbranched alkanes of at least 4 members (excludes halogenated alkanes) is 1. The Morgan fingerprint density at radius 3 is 1.83 bits per heavy atom. The average molecular weight is 332 g/mol. The third kappa shape index (κ3) is 3.08. The Bertz CT molecular complexity index is 642. The molecule has 8 heteroatoms. The first-order valence-corrected chi connectivity index (χ1v) is 7.50. The van der Waals surface area contributed by atoms with Crippen LogP contribution in [0.2, 0.25) is 0 Å². The number of amides is 4. The van der Waals surface area contributed by atoms with Crippen molar-refractivity contribution in [3.8, 4) is 0 Å². The Hall–Kier alpha value is -2.90. The van der Waals surface area contributed by atoms with Crippen molar-refractivity contribution in [1.29, 1.82) is 0 Å². The van der Waals surface area contributed by atoms with Crippen LogP contribution >= 0.6 is 0 Å². The number of ketones is 1. The molecular weight excluding hydrogens is 316 g/mol. The number of carbonyl (C=O) groups excluding carboxylic acids is 6. The van der Waals surface area contributed by atoms with Crippen molar-refractivity contribution >= 4 is 35.7 Å². The summed E-state index contributed by atoms with van der Waals surface area (Å²) in [7, 11) is 0. The van der Waals surface area contributed by atoms with E-state index in [1.54, 1.807) is 0 Å². The van der Waals surface area contributed by atoms with Crippen molar-refractivity contribution < 1.29 is 28.8 Å². The highest BCUT2D eigenvalue weighted by Gasteiger charge is 2.46. The van der Waals surface area contributed by atoms with Crippen LogP contribution in [0.15, 0.2) is 24.3 Å². The number of Topliss-reactive ketones (excluding diaryl/α,β-unsaturated/α-hetero) is 1. The molecule has 2 atom stereocenters. The molecule has 2 unspecified atom stereocenters. The van der Waals surface area contributed by atoms with E-state index < -0.39 is 41.5 Å². The van der Waals surface area contributed by atoms with Crippen LogP contribution in [-0.4, -0.2) is 57.6 Å². The number of imide groups is 2. The van der Waals surface area contributed by atoms with Gasteiger partial charge < -0.3 is 4.79 Å². The fraction of sp³-hybridized carbons (Fsp3) is 0.375. The molecule has 0 saturated carbocycles. The third-order valence-electron chi connectivity index (χ3n) is 3.83. The second-order valence-electron chi connectivity index (χ2n) is 5.40. The van der Waals surface area contributed by atoms with Crippen LogP contribution in [0.25, 0.3) is 0 Å². The highest BCUT2D eigenvalue weighted by molar-refractivity contribution is 6.18. The van der Waals surface area contributed by atoms with Crippen LogP contribution in [0.1, 0.15) is 26.2 Å². The Morgan fingerprint density at radius 1 is 0.958 bits per heavy atom. The molecule has 8 nitrogen and oxygen atoms in total. The first kappa shape index (κ1) is 17.5. The molecule has 0 aromatic carbocycles. The van der Waals surface area contributed by atoms with E-state index in [2.05, 4.69) is 0 Å². The van der Waals surface area contributed by atoms with Crippen molar-refractivity contribution in [3.63, 3.8) is 0 Å². The zero-order chi connectivity index (χ0) is 17.9. The topological polar surface area (TPSA) is 109 Å². The molecule has 24 heavy (non-hydrogen) atoms. The van der Waals surface area contributed by atoms with Crippen molar-refractivity contribution in [2.24, 2.45) is 0 Å². The van der Waals surface area contributed by atoms with Gasteiger partial charge in [0.1, 0.15) is 18.4 Å². The van der Waals surface area contributed by atoms with E-state index in [9.17, 15) is 28.8 Å². The van der Waals surface area contributed by atoms with Crippen LogP contribution in [0.4, 0.5) is 0 Å². The van der Waals surface area contributed by atoms with Gasteiger partial charge in [0.15, 0.2) is 5.78 Å². The number of carbonyl (C=O) groups is 6. The molecule has 2 aliphatic rings. The van der Waals surface area contributed by atoms with Gasteiger partial charge in [-0.05, 0) is 6.42 Å². The van der Waals surface area contributed by atoms with Gasteiger partial charge in [0.2, 0.25) is 0 Å². The second kappa shape index (κ2) is 7.12. The summed E-state index contributed by atoms with van der Waals surface area (Å²) in [5.41, 5.74) is 0. The molecule has 0 radical (unpaired) electrons. The smallest absolute Gasteiger partial charge is 0.254 e. The van der Waals surface area contributed by atoms with Crippen molar-refractivity contribution in [3.05, 3.63) is 24.3 Å². The summed E-state index contributed by atoms with van der Waals surface area (Å²) in [6.07, 6.45) is 5.35.